The fourth-order valence-electron chi connectivity index (χ4n) is 2.76. The molecule has 1 aliphatic carbocycles. The first-order valence-corrected chi connectivity index (χ1v) is 7.35. The topological polar surface area (TPSA) is 46.3 Å². The monoisotopic (exact) mass is 254 g/mol. The van der Waals surface area contributed by atoms with Crippen molar-refractivity contribution in [2.45, 2.75) is 65.3 Å². The third-order valence-electron chi connectivity index (χ3n) is 4.62. The van der Waals surface area contributed by atoms with E-state index in [1.54, 1.807) is 0 Å². The molecule has 0 spiro atoms. The van der Waals surface area contributed by atoms with Crippen LogP contribution in [-0.2, 0) is 4.79 Å². The van der Waals surface area contributed by atoms with Crippen LogP contribution in [0.15, 0.2) is 0 Å². The fourth-order valence-corrected chi connectivity index (χ4v) is 2.76. The van der Waals surface area contributed by atoms with Crippen molar-refractivity contribution >= 4 is 5.91 Å². The van der Waals surface area contributed by atoms with Crippen molar-refractivity contribution in [3.8, 4) is 0 Å². The lowest BCUT2D eigenvalue weighted by Gasteiger charge is -2.39. The van der Waals surface area contributed by atoms with Crippen molar-refractivity contribution in [3.05, 3.63) is 0 Å². The largest absolute Gasteiger partial charge is 0.343 e. The third kappa shape index (κ3) is 4.27. The lowest BCUT2D eigenvalue weighted by molar-refractivity contribution is -0.134. The SMILES string of the molecule is CCC(CN)CC(=O)N(C)C1CCC(C)(C)CC1. The van der Waals surface area contributed by atoms with Crippen molar-refractivity contribution in [3.63, 3.8) is 0 Å². The summed E-state index contributed by atoms with van der Waals surface area (Å²) in [6, 6.07) is 0.445. The summed E-state index contributed by atoms with van der Waals surface area (Å²) in [7, 11) is 1.97. The van der Waals surface area contributed by atoms with Crippen molar-refractivity contribution in [2.24, 2.45) is 17.1 Å². The van der Waals surface area contributed by atoms with Crippen molar-refractivity contribution < 1.29 is 4.79 Å². The Bertz CT molecular complexity index is 262. The Kier molecular flexibility index (Phi) is 5.64. The molecule has 1 aliphatic rings. The number of carbonyl (C=O) groups is 1. The molecule has 2 N–H and O–H groups in total. The van der Waals surface area contributed by atoms with E-state index in [1.165, 1.54) is 12.8 Å². The van der Waals surface area contributed by atoms with E-state index in [4.69, 9.17) is 5.73 Å². The molecule has 0 radical (unpaired) electrons. The summed E-state index contributed by atoms with van der Waals surface area (Å²) in [5, 5.41) is 0. The average Bonchev–Trinajstić information content (AvgIpc) is 2.34. The lowest BCUT2D eigenvalue weighted by Crippen LogP contribution is -2.41. The molecule has 0 aromatic carbocycles. The van der Waals surface area contributed by atoms with Crippen molar-refractivity contribution in [2.75, 3.05) is 13.6 Å². The quantitative estimate of drug-likeness (QED) is 0.820. The molecule has 3 heteroatoms. The van der Waals surface area contributed by atoms with Gasteiger partial charge in [-0.1, -0.05) is 27.2 Å². The zero-order valence-corrected chi connectivity index (χ0v) is 12.5. The molecule has 1 amide bonds. The minimum atomic E-state index is 0.275. The second-order valence-electron chi connectivity index (χ2n) is 6.61. The van der Waals surface area contributed by atoms with Crippen LogP contribution in [0, 0.1) is 11.3 Å². The average molecular weight is 254 g/mol. The van der Waals surface area contributed by atoms with Crippen LogP contribution < -0.4 is 5.73 Å². The van der Waals surface area contributed by atoms with Gasteiger partial charge in [0.05, 0.1) is 0 Å². The maximum absolute atomic E-state index is 12.2. The molecule has 1 saturated carbocycles. The molecule has 1 atom stereocenters. The van der Waals surface area contributed by atoms with Gasteiger partial charge in [0.15, 0.2) is 0 Å². The number of hydrogen-bond acceptors (Lipinski definition) is 2. The first-order chi connectivity index (χ1) is 8.39. The lowest BCUT2D eigenvalue weighted by atomic mass is 9.75. The smallest absolute Gasteiger partial charge is 0.222 e. The summed E-state index contributed by atoms with van der Waals surface area (Å²) in [6.45, 7) is 7.38. The molecule has 106 valence electrons. The minimum Gasteiger partial charge on any atom is -0.343 e. The first-order valence-electron chi connectivity index (χ1n) is 7.35. The molecule has 1 fully saturated rings. The van der Waals surface area contributed by atoms with Crippen LogP contribution in [0.1, 0.15) is 59.3 Å². The van der Waals surface area contributed by atoms with E-state index in [-0.39, 0.29) is 5.91 Å². The molecular weight excluding hydrogens is 224 g/mol. The summed E-state index contributed by atoms with van der Waals surface area (Å²) in [6.07, 6.45) is 6.35. The predicted octanol–water partition coefficient (Wildman–Crippen LogP) is 2.79. The number of amides is 1. The standard InChI is InChI=1S/C15H30N2O/c1-5-12(11-16)10-14(18)17(4)13-6-8-15(2,3)9-7-13/h12-13H,5-11,16H2,1-4H3. The first kappa shape index (κ1) is 15.5. The molecule has 0 aromatic heterocycles. The van der Waals surface area contributed by atoms with Gasteiger partial charge in [0, 0.05) is 19.5 Å². The van der Waals surface area contributed by atoms with Crippen molar-refractivity contribution in [1.82, 2.24) is 4.90 Å². The van der Waals surface area contributed by atoms with Gasteiger partial charge in [-0.2, -0.15) is 0 Å². The van der Waals surface area contributed by atoms with E-state index in [0.717, 1.165) is 19.3 Å². The van der Waals surface area contributed by atoms with Crippen LogP contribution in [0.25, 0.3) is 0 Å². The Labute approximate surface area is 112 Å². The van der Waals surface area contributed by atoms with Gasteiger partial charge in [-0.25, -0.2) is 0 Å². The Hall–Kier alpha value is -0.570. The number of hydrogen-bond donors (Lipinski definition) is 1. The molecule has 0 bridgehead atoms. The molecule has 18 heavy (non-hydrogen) atoms. The van der Waals surface area contributed by atoms with Crippen molar-refractivity contribution in [1.29, 1.82) is 0 Å². The summed E-state index contributed by atoms with van der Waals surface area (Å²) in [5.41, 5.74) is 6.14. The molecule has 0 saturated heterocycles. The Morgan fingerprint density at radius 1 is 1.39 bits per heavy atom. The van der Waals surface area contributed by atoms with Crippen LogP contribution in [0.3, 0.4) is 0 Å². The van der Waals surface area contributed by atoms with E-state index in [2.05, 4.69) is 20.8 Å². The van der Waals surface area contributed by atoms with Gasteiger partial charge in [-0.3, -0.25) is 4.79 Å². The van der Waals surface area contributed by atoms with E-state index in [0.29, 0.717) is 30.3 Å². The van der Waals surface area contributed by atoms with Crippen LogP contribution in [0.5, 0.6) is 0 Å². The number of nitrogens with two attached hydrogens (primary N) is 1. The number of carbonyl (C=O) groups excluding carboxylic acids is 1. The van der Waals surface area contributed by atoms with Gasteiger partial charge in [0.25, 0.3) is 0 Å². The van der Waals surface area contributed by atoms with E-state index in [1.807, 2.05) is 11.9 Å². The van der Waals surface area contributed by atoms with Gasteiger partial charge in [-0.15, -0.1) is 0 Å². The summed E-state index contributed by atoms with van der Waals surface area (Å²) >= 11 is 0. The summed E-state index contributed by atoms with van der Waals surface area (Å²) < 4.78 is 0. The van der Waals surface area contributed by atoms with E-state index < -0.39 is 0 Å². The molecule has 0 aliphatic heterocycles. The second-order valence-corrected chi connectivity index (χ2v) is 6.61. The van der Waals surface area contributed by atoms with E-state index in [9.17, 15) is 4.79 Å². The number of nitrogens with zero attached hydrogens (tertiary/aromatic N) is 1. The Morgan fingerprint density at radius 2 is 1.94 bits per heavy atom. The highest BCUT2D eigenvalue weighted by Gasteiger charge is 2.30. The Balaban J connectivity index is 2.44. The summed E-state index contributed by atoms with van der Waals surface area (Å²) in [5.74, 6) is 0.622. The van der Waals surface area contributed by atoms with Crippen LogP contribution >= 0.6 is 0 Å². The highest BCUT2D eigenvalue weighted by Crippen LogP contribution is 2.36. The fraction of sp³-hybridized carbons (Fsp3) is 0.933. The molecular formula is C15H30N2O. The third-order valence-corrected chi connectivity index (χ3v) is 4.62. The summed E-state index contributed by atoms with van der Waals surface area (Å²) in [4.78, 5) is 14.2. The van der Waals surface area contributed by atoms with Gasteiger partial charge in [-0.05, 0) is 43.6 Å². The van der Waals surface area contributed by atoms with Gasteiger partial charge >= 0.3 is 0 Å². The molecule has 3 nitrogen and oxygen atoms in total. The maximum atomic E-state index is 12.2. The zero-order chi connectivity index (χ0) is 13.8. The van der Waals surface area contributed by atoms with Gasteiger partial charge in [0.1, 0.15) is 0 Å². The second kappa shape index (κ2) is 6.55. The van der Waals surface area contributed by atoms with Crippen LogP contribution in [0.2, 0.25) is 0 Å². The maximum Gasteiger partial charge on any atom is 0.222 e. The molecule has 0 heterocycles. The predicted molar refractivity (Wildman–Crippen MR) is 76.3 cm³/mol. The Morgan fingerprint density at radius 3 is 2.39 bits per heavy atom. The number of rotatable bonds is 5. The highest BCUT2D eigenvalue weighted by molar-refractivity contribution is 5.76. The molecule has 0 aromatic rings. The van der Waals surface area contributed by atoms with Crippen LogP contribution in [0.4, 0.5) is 0 Å². The minimum absolute atomic E-state index is 0.275. The van der Waals surface area contributed by atoms with E-state index >= 15 is 0 Å². The zero-order valence-electron chi connectivity index (χ0n) is 12.5. The normalized spacial score (nSPS) is 21.6. The van der Waals surface area contributed by atoms with Crippen LogP contribution in [-0.4, -0.2) is 30.4 Å². The van der Waals surface area contributed by atoms with Gasteiger partial charge in [0.2, 0.25) is 5.91 Å². The highest BCUT2D eigenvalue weighted by atomic mass is 16.2. The molecule has 1 unspecified atom stereocenters. The van der Waals surface area contributed by atoms with Gasteiger partial charge < -0.3 is 10.6 Å². The molecule has 1 rings (SSSR count).